The molecule has 1 heterocycles. The van der Waals surface area contributed by atoms with Crippen molar-refractivity contribution in [3.63, 3.8) is 0 Å². The highest BCUT2D eigenvalue weighted by atomic mass is 16.6. The standard InChI is InChI=1S/C11H19NO2/c13-11-12-7-10(8-14-11)9-5-3-1-2-4-6-9/h9-10H,1-8H2,(H,12,13). The van der Waals surface area contributed by atoms with E-state index in [1.807, 2.05) is 0 Å². The van der Waals surface area contributed by atoms with Crippen molar-refractivity contribution in [2.75, 3.05) is 13.2 Å². The summed E-state index contributed by atoms with van der Waals surface area (Å²) < 4.78 is 5.03. The van der Waals surface area contributed by atoms with Crippen molar-refractivity contribution in [2.45, 2.75) is 38.5 Å². The van der Waals surface area contributed by atoms with Crippen molar-refractivity contribution in [3.8, 4) is 0 Å². The zero-order valence-electron chi connectivity index (χ0n) is 8.63. The number of alkyl carbamates (subject to hydrolysis) is 1. The van der Waals surface area contributed by atoms with E-state index in [0.29, 0.717) is 12.5 Å². The van der Waals surface area contributed by atoms with E-state index >= 15 is 0 Å². The van der Waals surface area contributed by atoms with Gasteiger partial charge in [-0.15, -0.1) is 0 Å². The Morgan fingerprint density at radius 3 is 2.36 bits per heavy atom. The molecule has 3 heteroatoms. The summed E-state index contributed by atoms with van der Waals surface area (Å²) in [6.45, 7) is 1.46. The van der Waals surface area contributed by atoms with E-state index < -0.39 is 0 Å². The highest BCUT2D eigenvalue weighted by Crippen LogP contribution is 2.29. The van der Waals surface area contributed by atoms with Gasteiger partial charge in [0.25, 0.3) is 0 Å². The van der Waals surface area contributed by atoms with Gasteiger partial charge in [0.15, 0.2) is 0 Å². The smallest absolute Gasteiger partial charge is 0.407 e. The molecule has 2 rings (SSSR count). The largest absolute Gasteiger partial charge is 0.449 e. The predicted octanol–water partition coefficient (Wildman–Crippen LogP) is 2.31. The predicted molar refractivity (Wildman–Crippen MR) is 54.0 cm³/mol. The van der Waals surface area contributed by atoms with Gasteiger partial charge in [0.05, 0.1) is 6.61 Å². The molecule has 1 saturated heterocycles. The van der Waals surface area contributed by atoms with Crippen molar-refractivity contribution in [1.29, 1.82) is 0 Å². The Morgan fingerprint density at radius 1 is 1.07 bits per heavy atom. The topological polar surface area (TPSA) is 38.3 Å². The van der Waals surface area contributed by atoms with Crippen LogP contribution in [0, 0.1) is 11.8 Å². The minimum absolute atomic E-state index is 0.241. The molecule has 2 fully saturated rings. The molecule has 80 valence electrons. The van der Waals surface area contributed by atoms with Crippen molar-refractivity contribution < 1.29 is 9.53 Å². The van der Waals surface area contributed by atoms with Gasteiger partial charge in [0, 0.05) is 12.5 Å². The fourth-order valence-corrected chi connectivity index (χ4v) is 2.59. The van der Waals surface area contributed by atoms with E-state index in [1.165, 1.54) is 38.5 Å². The summed E-state index contributed by atoms with van der Waals surface area (Å²) in [6.07, 6.45) is 7.89. The van der Waals surface area contributed by atoms with Crippen molar-refractivity contribution in [1.82, 2.24) is 5.32 Å². The number of ether oxygens (including phenoxy) is 1. The Morgan fingerprint density at radius 2 is 1.79 bits per heavy atom. The second kappa shape index (κ2) is 4.67. The third-order valence-electron chi connectivity index (χ3n) is 3.50. The first-order chi connectivity index (χ1) is 6.86. The maximum absolute atomic E-state index is 10.8. The molecular weight excluding hydrogens is 178 g/mol. The summed E-state index contributed by atoms with van der Waals surface area (Å²) in [5.41, 5.74) is 0. The number of rotatable bonds is 1. The Kier molecular flexibility index (Phi) is 3.27. The summed E-state index contributed by atoms with van der Waals surface area (Å²) in [5, 5.41) is 2.79. The third-order valence-corrected chi connectivity index (χ3v) is 3.50. The maximum atomic E-state index is 10.8. The second-order valence-electron chi connectivity index (χ2n) is 4.49. The molecule has 0 aromatic rings. The third kappa shape index (κ3) is 2.40. The molecule has 1 aliphatic carbocycles. The van der Waals surface area contributed by atoms with E-state index in [2.05, 4.69) is 5.32 Å². The van der Waals surface area contributed by atoms with Crippen LogP contribution in [0.2, 0.25) is 0 Å². The van der Waals surface area contributed by atoms with Crippen molar-refractivity contribution >= 4 is 6.09 Å². The van der Waals surface area contributed by atoms with Crippen LogP contribution in [0.1, 0.15) is 38.5 Å². The molecule has 1 saturated carbocycles. The molecule has 1 aliphatic heterocycles. The van der Waals surface area contributed by atoms with Crippen LogP contribution in [0.15, 0.2) is 0 Å². The highest BCUT2D eigenvalue weighted by Gasteiger charge is 2.27. The molecule has 1 atom stereocenters. The monoisotopic (exact) mass is 197 g/mol. The van der Waals surface area contributed by atoms with Gasteiger partial charge in [-0.05, 0) is 18.8 Å². The van der Waals surface area contributed by atoms with Gasteiger partial charge >= 0.3 is 6.09 Å². The average Bonchev–Trinajstić information content (AvgIpc) is 2.47. The Bertz CT molecular complexity index is 187. The van der Waals surface area contributed by atoms with Crippen molar-refractivity contribution in [2.24, 2.45) is 11.8 Å². The molecule has 0 aromatic heterocycles. The van der Waals surface area contributed by atoms with Gasteiger partial charge in [0.1, 0.15) is 0 Å². The van der Waals surface area contributed by atoms with Crippen LogP contribution in [-0.4, -0.2) is 19.2 Å². The molecule has 1 unspecified atom stereocenters. The first-order valence-electron chi connectivity index (χ1n) is 5.77. The van der Waals surface area contributed by atoms with Crippen LogP contribution < -0.4 is 5.32 Å². The molecule has 0 radical (unpaired) electrons. The summed E-state index contributed by atoms with van der Waals surface area (Å²) in [7, 11) is 0. The SMILES string of the molecule is O=C1NCC(C2CCCCCC2)CO1. The molecule has 2 aliphatic rings. The van der Waals surface area contributed by atoms with Gasteiger partial charge < -0.3 is 10.1 Å². The van der Waals surface area contributed by atoms with E-state index in [-0.39, 0.29) is 6.09 Å². The van der Waals surface area contributed by atoms with Crippen LogP contribution >= 0.6 is 0 Å². The molecule has 0 bridgehead atoms. The van der Waals surface area contributed by atoms with Crippen LogP contribution in [0.25, 0.3) is 0 Å². The number of carbonyl (C=O) groups is 1. The van der Waals surface area contributed by atoms with E-state index in [0.717, 1.165) is 12.5 Å². The fraction of sp³-hybridized carbons (Fsp3) is 0.909. The Balaban J connectivity index is 1.83. The Hall–Kier alpha value is -0.730. The molecule has 0 aromatic carbocycles. The zero-order chi connectivity index (χ0) is 9.80. The molecular formula is C11H19NO2. The van der Waals surface area contributed by atoms with Crippen LogP contribution in [0.5, 0.6) is 0 Å². The van der Waals surface area contributed by atoms with Gasteiger partial charge in [-0.25, -0.2) is 4.79 Å². The van der Waals surface area contributed by atoms with Gasteiger partial charge in [-0.2, -0.15) is 0 Å². The average molecular weight is 197 g/mol. The Labute approximate surface area is 85.2 Å². The molecule has 1 amide bonds. The van der Waals surface area contributed by atoms with Gasteiger partial charge in [-0.1, -0.05) is 25.7 Å². The lowest BCUT2D eigenvalue weighted by Crippen LogP contribution is -2.41. The van der Waals surface area contributed by atoms with E-state index in [4.69, 9.17) is 4.74 Å². The van der Waals surface area contributed by atoms with Crippen LogP contribution in [0.3, 0.4) is 0 Å². The molecule has 14 heavy (non-hydrogen) atoms. The number of hydrogen-bond donors (Lipinski definition) is 1. The molecule has 1 N–H and O–H groups in total. The first-order valence-corrected chi connectivity index (χ1v) is 5.77. The summed E-state index contributed by atoms with van der Waals surface area (Å²) in [5.74, 6) is 1.34. The number of cyclic esters (lactones) is 1. The van der Waals surface area contributed by atoms with Gasteiger partial charge in [0.2, 0.25) is 0 Å². The lowest BCUT2D eigenvalue weighted by molar-refractivity contribution is 0.0785. The quantitative estimate of drug-likeness (QED) is 0.655. The van der Waals surface area contributed by atoms with Crippen LogP contribution in [0.4, 0.5) is 4.79 Å². The zero-order valence-corrected chi connectivity index (χ0v) is 8.63. The number of carbonyl (C=O) groups excluding carboxylic acids is 1. The maximum Gasteiger partial charge on any atom is 0.407 e. The van der Waals surface area contributed by atoms with E-state index in [9.17, 15) is 4.79 Å². The lowest BCUT2D eigenvalue weighted by Gasteiger charge is -2.29. The number of hydrogen-bond acceptors (Lipinski definition) is 2. The number of nitrogens with one attached hydrogen (secondary N) is 1. The normalized spacial score (nSPS) is 30.3. The minimum Gasteiger partial charge on any atom is -0.449 e. The molecule has 0 spiro atoms. The lowest BCUT2D eigenvalue weighted by atomic mass is 9.86. The van der Waals surface area contributed by atoms with Crippen molar-refractivity contribution in [3.05, 3.63) is 0 Å². The second-order valence-corrected chi connectivity index (χ2v) is 4.49. The van der Waals surface area contributed by atoms with Crippen LogP contribution in [-0.2, 0) is 4.74 Å². The summed E-state index contributed by atoms with van der Waals surface area (Å²) >= 11 is 0. The number of amides is 1. The van der Waals surface area contributed by atoms with Gasteiger partial charge in [-0.3, -0.25) is 0 Å². The summed E-state index contributed by atoms with van der Waals surface area (Å²) in [4.78, 5) is 10.8. The van der Waals surface area contributed by atoms with E-state index in [1.54, 1.807) is 0 Å². The fourth-order valence-electron chi connectivity index (χ4n) is 2.59. The first kappa shape index (κ1) is 9.81. The summed E-state index contributed by atoms with van der Waals surface area (Å²) in [6, 6.07) is 0. The minimum atomic E-state index is -0.241. The highest BCUT2D eigenvalue weighted by molar-refractivity contribution is 5.67. The molecule has 3 nitrogen and oxygen atoms in total.